The van der Waals surface area contributed by atoms with Crippen molar-refractivity contribution in [3.8, 4) is 12.3 Å². The number of pyridine rings is 2. The molecule has 4 N–H and O–H groups in total. The lowest BCUT2D eigenvalue weighted by Crippen LogP contribution is -2.38. The van der Waals surface area contributed by atoms with Crippen molar-refractivity contribution in [2.75, 3.05) is 17.2 Å². The lowest BCUT2D eigenvalue weighted by Gasteiger charge is -2.23. The minimum absolute atomic E-state index is 0.00802. The molecule has 2 aliphatic rings. The van der Waals surface area contributed by atoms with Gasteiger partial charge in [-0.15, -0.1) is 12.0 Å². The van der Waals surface area contributed by atoms with Gasteiger partial charge in [-0.3, -0.25) is 9.99 Å². The summed E-state index contributed by atoms with van der Waals surface area (Å²) in [5.74, 6) is 2.09. The number of anilines is 2. The van der Waals surface area contributed by atoms with Crippen molar-refractivity contribution >= 4 is 33.9 Å². The average molecular weight is 507 g/mol. The Bertz CT molecular complexity index is 1410. The molecule has 1 aliphatic heterocycles. The number of terminal acetylenes is 1. The van der Waals surface area contributed by atoms with Crippen LogP contribution in [0.15, 0.2) is 48.6 Å². The maximum absolute atomic E-state index is 13.7. The third kappa shape index (κ3) is 5.18. The number of hydrazine groups is 2. The van der Waals surface area contributed by atoms with Gasteiger partial charge in [0.25, 0.3) is 0 Å². The Hall–Kier alpha value is -3.54. The van der Waals surface area contributed by atoms with Gasteiger partial charge in [-0.1, -0.05) is 44.4 Å². The van der Waals surface area contributed by atoms with Crippen LogP contribution >= 0.6 is 11.6 Å². The van der Waals surface area contributed by atoms with Gasteiger partial charge in [-0.2, -0.15) is 4.39 Å². The number of halogens is 2. The molecular weight excluding hydrogens is 477 g/mol. The SMILES string of the molecule is [2H][C@](Nc1cc(Cl)c2ncc(C#C)c(NCC(C)(C)C)c2c1)(C1=CN(C2CC2)NN1)c1ccc(F)nc1. The van der Waals surface area contributed by atoms with Crippen molar-refractivity contribution in [2.24, 2.45) is 5.41 Å². The highest BCUT2D eigenvalue weighted by Crippen LogP contribution is 2.36. The first kappa shape index (κ1) is 22.9. The molecule has 9 heteroatoms. The van der Waals surface area contributed by atoms with Gasteiger partial charge in [0.05, 0.1) is 34.9 Å². The lowest BCUT2D eigenvalue weighted by molar-refractivity contribution is 0.260. The van der Waals surface area contributed by atoms with Crippen LogP contribution in [0.3, 0.4) is 0 Å². The molecule has 2 aromatic heterocycles. The molecule has 1 aliphatic carbocycles. The van der Waals surface area contributed by atoms with E-state index in [2.05, 4.69) is 58.3 Å². The van der Waals surface area contributed by atoms with Gasteiger partial charge in [0.1, 0.15) is 0 Å². The van der Waals surface area contributed by atoms with Crippen molar-refractivity contribution in [2.45, 2.75) is 45.7 Å². The van der Waals surface area contributed by atoms with Crippen LogP contribution in [0.25, 0.3) is 10.9 Å². The molecular formula is C27H29ClFN7. The molecule has 0 saturated heterocycles. The van der Waals surface area contributed by atoms with E-state index in [9.17, 15) is 5.76 Å². The molecule has 0 spiro atoms. The van der Waals surface area contributed by atoms with E-state index in [1.807, 2.05) is 17.3 Å². The molecule has 36 heavy (non-hydrogen) atoms. The van der Waals surface area contributed by atoms with Gasteiger partial charge >= 0.3 is 0 Å². The maximum Gasteiger partial charge on any atom is 0.212 e. The summed E-state index contributed by atoms with van der Waals surface area (Å²) in [6, 6.07) is 5.23. The number of aromatic nitrogens is 2. The fourth-order valence-electron chi connectivity index (χ4n) is 3.95. The molecule has 0 bridgehead atoms. The van der Waals surface area contributed by atoms with Crippen LogP contribution in [0.1, 0.15) is 52.1 Å². The molecule has 3 aromatic rings. The Balaban J connectivity index is 1.60. The fourth-order valence-corrected chi connectivity index (χ4v) is 4.22. The number of nitrogens with one attached hydrogen (secondary N) is 4. The average Bonchev–Trinajstić information content (AvgIpc) is 3.58. The summed E-state index contributed by atoms with van der Waals surface area (Å²) in [4.78, 5) is 8.29. The van der Waals surface area contributed by atoms with Gasteiger partial charge in [-0.25, -0.2) is 4.98 Å². The molecule has 7 nitrogen and oxygen atoms in total. The molecule has 0 radical (unpaired) electrons. The van der Waals surface area contributed by atoms with Crippen LogP contribution in [0.5, 0.6) is 0 Å². The smallest absolute Gasteiger partial charge is 0.212 e. The summed E-state index contributed by atoms with van der Waals surface area (Å²) >= 11 is 6.69. The van der Waals surface area contributed by atoms with Crippen molar-refractivity contribution < 1.29 is 5.76 Å². The third-order valence-corrected chi connectivity index (χ3v) is 6.25. The number of fused-ring (bicyclic) bond motifs is 1. The van der Waals surface area contributed by atoms with E-state index in [4.69, 9.17) is 18.0 Å². The van der Waals surface area contributed by atoms with Crippen LogP contribution in [0.4, 0.5) is 15.8 Å². The molecule has 1 atom stereocenters. The quantitative estimate of drug-likeness (QED) is 0.254. The highest BCUT2D eigenvalue weighted by molar-refractivity contribution is 6.35. The second-order valence-electron chi connectivity index (χ2n) is 10.2. The summed E-state index contributed by atoms with van der Waals surface area (Å²) in [5.41, 5.74) is 9.74. The monoisotopic (exact) mass is 506 g/mol. The summed E-state index contributed by atoms with van der Waals surface area (Å²) < 4.78 is 23.2. The van der Waals surface area contributed by atoms with Gasteiger partial charge in [0.15, 0.2) is 0 Å². The summed E-state index contributed by atoms with van der Waals surface area (Å²) in [6.07, 6.45) is 12.8. The summed E-state index contributed by atoms with van der Waals surface area (Å²) in [7, 11) is 0. The van der Waals surface area contributed by atoms with E-state index in [1.165, 1.54) is 12.3 Å². The zero-order valence-corrected chi connectivity index (χ0v) is 21.2. The van der Waals surface area contributed by atoms with E-state index >= 15 is 0 Å². The Morgan fingerprint density at radius 2 is 2.11 bits per heavy atom. The fraction of sp³-hybridized carbons (Fsp3) is 0.333. The zero-order chi connectivity index (χ0) is 26.4. The minimum atomic E-state index is -1.54. The van der Waals surface area contributed by atoms with E-state index in [0.29, 0.717) is 45.6 Å². The van der Waals surface area contributed by atoms with Crippen molar-refractivity contribution in [1.82, 2.24) is 25.9 Å². The number of benzene rings is 1. The summed E-state index contributed by atoms with van der Waals surface area (Å²) in [5, 5.41) is 9.87. The Kier molecular flexibility index (Phi) is 6.04. The molecule has 1 aromatic carbocycles. The van der Waals surface area contributed by atoms with Crippen molar-refractivity contribution in [3.05, 3.63) is 70.7 Å². The Labute approximate surface area is 216 Å². The standard InChI is InChI=1S/C27H29ClFN7/c1-5-16-12-31-26-20(24(16)32-15-27(2,3)4)10-18(11-21(26)28)33-25(17-6-9-23(29)30-13-17)22-14-36(35-34-22)19-7-8-19/h1,6,9-14,19,25,33-35H,7-8,15H2,2-4H3,(H,31,32)/t25-/m1/s1/i25D. The molecule has 186 valence electrons. The van der Waals surface area contributed by atoms with E-state index in [1.54, 1.807) is 18.3 Å². The van der Waals surface area contributed by atoms with Crippen LogP contribution < -0.4 is 21.6 Å². The highest BCUT2D eigenvalue weighted by Gasteiger charge is 2.32. The molecule has 0 amide bonds. The first-order valence-corrected chi connectivity index (χ1v) is 12.2. The molecule has 1 saturated carbocycles. The van der Waals surface area contributed by atoms with E-state index in [-0.39, 0.29) is 5.41 Å². The Morgan fingerprint density at radius 3 is 2.78 bits per heavy atom. The van der Waals surface area contributed by atoms with E-state index < -0.39 is 12.0 Å². The van der Waals surface area contributed by atoms with E-state index in [0.717, 1.165) is 23.9 Å². The first-order valence-electron chi connectivity index (χ1n) is 12.3. The topological polar surface area (TPSA) is 77.1 Å². The normalized spacial score (nSPS) is 17.6. The second kappa shape index (κ2) is 9.49. The minimum Gasteiger partial charge on any atom is -0.383 e. The van der Waals surface area contributed by atoms with Gasteiger partial charge in [0.2, 0.25) is 5.95 Å². The molecule has 5 rings (SSSR count). The van der Waals surface area contributed by atoms with Gasteiger partial charge < -0.3 is 16.1 Å². The maximum atomic E-state index is 13.7. The Morgan fingerprint density at radius 1 is 1.31 bits per heavy atom. The largest absolute Gasteiger partial charge is 0.383 e. The second-order valence-corrected chi connectivity index (χ2v) is 10.7. The number of hydrogen-bond acceptors (Lipinski definition) is 7. The van der Waals surface area contributed by atoms with Crippen LogP contribution in [-0.4, -0.2) is 27.6 Å². The third-order valence-electron chi connectivity index (χ3n) is 5.96. The predicted octanol–water partition coefficient (Wildman–Crippen LogP) is 5.34. The highest BCUT2D eigenvalue weighted by atomic mass is 35.5. The van der Waals surface area contributed by atoms with Crippen LogP contribution in [0, 0.1) is 23.7 Å². The predicted molar refractivity (Wildman–Crippen MR) is 142 cm³/mol. The van der Waals surface area contributed by atoms with Crippen molar-refractivity contribution in [3.63, 3.8) is 0 Å². The molecule has 3 heterocycles. The van der Waals surface area contributed by atoms with Gasteiger partial charge in [-0.05, 0) is 42.0 Å². The number of nitrogens with zero attached hydrogens (tertiary/aromatic N) is 3. The lowest BCUT2D eigenvalue weighted by atomic mass is 9.96. The van der Waals surface area contributed by atoms with Crippen LogP contribution in [0.2, 0.25) is 5.02 Å². The van der Waals surface area contributed by atoms with Gasteiger partial charge in [0, 0.05) is 42.3 Å². The molecule has 0 unspecified atom stereocenters. The first-order chi connectivity index (χ1) is 17.6. The zero-order valence-electron chi connectivity index (χ0n) is 21.4. The number of hydrogen-bond donors (Lipinski definition) is 4. The number of rotatable bonds is 7. The van der Waals surface area contributed by atoms with Crippen molar-refractivity contribution in [1.29, 1.82) is 0 Å². The molecule has 1 fully saturated rings. The summed E-state index contributed by atoms with van der Waals surface area (Å²) in [6.45, 7) is 7.07. The van der Waals surface area contributed by atoms with Crippen LogP contribution in [-0.2, 0) is 0 Å².